The average molecular weight is 381 g/mol. The number of carbonyl (C=O) groups is 1. The molecule has 0 heterocycles. The number of sulfonamides is 1. The number of nitrogens with one attached hydrogen (secondary N) is 1. The van der Waals surface area contributed by atoms with Crippen LogP contribution in [-0.4, -0.2) is 27.1 Å². The molecule has 2 aromatic rings. The monoisotopic (exact) mass is 380 g/mol. The maximum atomic E-state index is 12.1. The number of benzene rings is 2. The van der Waals surface area contributed by atoms with Crippen molar-refractivity contribution in [2.24, 2.45) is 0 Å². The molecule has 0 atom stereocenters. The molecule has 0 fully saturated rings. The zero-order valence-electron chi connectivity index (χ0n) is 14.2. The number of rotatable bonds is 7. The van der Waals surface area contributed by atoms with Gasteiger partial charge in [-0.05, 0) is 43.2 Å². The Morgan fingerprint density at radius 3 is 2.44 bits per heavy atom. The number of amides is 1. The molecule has 0 unspecified atom stereocenters. The van der Waals surface area contributed by atoms with Crippen molar-refractivity contribution in [3.05, 3.63) is 59.1 Å². The van der Waals surface area contributed by atoms with Crippen LogP contribution in [0.25, 0.3) is 0 Å². The smallest absolute Gasteiger partial charge is 0.232 e. The molecule has 0 aliphatic heterocycles. The number of nitrogens with zero attached hydrogens (tertiary/aromatic N) is 1. The molecule has 134 valence electrons. The molecule has 0 saturated heterocycles. The van der Waals surface area contributed by atoms with Gasteiger partial charge in [0.25, 0.3) is 0 Å². The van der Waals surface area contributed by atoms with Crippen molar-refractivity contribution in [3.63, 3.8) is 0 Å². The fourth-order valence-electron chi connectivity index (χ4n) is 2.36. The van der Waals surface area contributed by atoms with Gasteiger partial charge in [0.15, 0.2) is 0 Å². The third kappa shape index (κ3) is 5.76. The van der Waals surface area contributed by atoms with Gasteiger partial charge in [0.2, 0.25) is 15.9 Å². The van der Waals surface area contributed by atoms with Gasteiger partial charge in [-0.3, -0.25) is 9.10 Å². The van der Waals surface area contributed by atoms with E-state index in [1.165, 1.54) is 4.31 Å². The minimum Gasteiger partial charge on any atom is -0.326 e. The Balaban J connectivity index is 1.93. The Morgan fingerprint density at radius 1 is 1.16 bits per heavy atom. The molecule has 7 heteroatoms. The first kappa shape index (κ1) is 19.3. The van der Waals surface area contributed by atoms with Crippen LogP contribution < -0.4 is 9.62 Å². The van der Waals surface area contributed by atoms with Gasteiger partial charge >= 0.3 is 0 Å². The van der Waals surface area contributed by atoms with Gasteiger partial charge in [0, 0.05) is 23.7 Å². The Hall–Kier alpha value is -2.05. The summed E-state index contributed by atoms with van der Waals surface area (Å²) in [4.78, 5) is 12.1. The van der Waals surface area contributed by atoms with Crippen LogP contribution in [0.3, 0.4) is 0 Å². The summed E-state index contributed by atoms with van der Waals surface area (Å²) in [6.45, 7) is 2.13. The minimum atomic E-state index is -3.40. The van der Waals surface area contributed by atoms with Crippen LogP contribution in [-0.2, 0) is 14.8 Å². The molecule has 0 bridgehead atoms. The molecule has 1 amide bonds. The molecular formula is C18H21ClN2O3S. The summed E-state index contributed by atoms with van der Waals surface area (Å²) in [5.41, 5.74) is 2.16. The van der Waals surface area contributed by atoms with Gasteiger partial charge in [0.1, 0.15) is 0 Å². The fourth-order valence-corrected chi connectivity index (χ4v) is 3.50. The van der Waals surface area contributed by atoms with Crippen LogP contribution in [0.1, 0.15) is 18.4 Å². The molecular weight excluding hydrogens is 360 g/mol. The summed E-state index contributed by atoms with van der Waals surface area (Å²) in [5, 5.41) is 3.36. The van der Waals surface area contributed by atoms with Gasteiger partial charge in [0.05, 0.1) is 11.9 Å². The van der Waals surface area contributed by atoms with Crippen molar-refractivity contribution in [2.75, 3.05) is 22.4 Å². The van der Waals surface area contributed by atoms with E-state index in [4.69, 9.17) is 11.6 Å². The zero-order valence-corrected chi connectivity index (χ0v) is 15.8. The van der Waals surface area contributed by atoms with Crippen LogP contribution in [0.5, 0.6) is 0 Å². The van der Waals surface area contributed by atoms with E-state index in [0.717, 1.165) is 11.8 Å². The molecule has 25 heavy (non-hydrogen) atoms. The predicted molar refractivity (Wildman–Crippen MR) is 103 cm³/mol. The van der Waals surface area contributed by atoms with Crippen LogP contribution >= 0.6 is 11.6 Å². The first-order chi connectivity index (χ1) is 11.8. The lowest BCUT2D eigenvalue weighted by molar-refractivity contribution is -0.116. The molecule has 0 radical (unpaired) electrons. The maximum absolute atomic E-state index is 12.1. The van der Waals surface area contributed by atoms with Gasteiger partial charge in [-0.25, -0.2) is 8.42 Å². The molecule has 0 aromatic heterocycles. The highest BCUT2D eigenvalue weighted by Gasteiger charge is 2.17. The molecule has 2 rings (SSSR count). The summed E-state index contributed by atoms with van der Waals surface area (Å²) < 4.78 is 25.3. The Kier molecular flexibility index (Phi) is 6.45. The van der Waals surface area contributed by atoms with Crippen LogP contribution in [0.4, 0.5) is 11.4 Å². The molecule has 2 aromatic carbocycles. The molecule has 0 saturated carbocycles. The highest BCUT2D eigenvalue weighted by molar-refractivity contribution is 7.92. The number of carbonyl (C=O) groups excluding carboxylic acids is 1. The fraction of sp³-hybridized carbons (Fsp3) is 0.278. The number of para-hydroxylation sites is 1. The highest BCUT2D eigenvalue weighted by atomic mass is 35.5. The highest BCUT2D eigenvalue weighted by Crippen LogP contribution is 2.21. The van der Waals surface area contributed by atoms with Crippen molar-refractivity contribution in [1.29, 1.82) is 0 Å². The summed E-state index contributed by atoms with van der Waals surface area (Å²) in [6.07, 6.45) is 1.78. The third-order valence-corrected chi connectivity index (χ3v) is 5.27. The van der Waals surface area contributed by atoms with E-state index in [-0.39, 0.29) is 18.9 Å². The predicted octanol–water partition coefficient (Wildman–Crippen LogP) is 3.83. The quantitative estimate of drug-likeness (QED) is 0.793. The van der Waals surface area contributed by atoms with Crippen molar-refractivity contribution in [3.8, 4) is 0 Å². The van der Waals surface area contributed by atoms with Crippen molar-refractivity contribution in [1.82, 2.24) is 0 Å². The molecule has 5 nitrogen and oxygen atoms in total. The number of hydrogen-bond donors (Lipinski definition) is 1. The molecule has 0 aliphatic rings. The van der Waals surface area contributed by atoms with E-state index >= 15 is 0 Å². The zero-order chi connectivity index (χ0) is 18.4. The van der Waals surface area contributed by atoms with E-state index in [9.17, 15) is 13.2 Å². The third-order valence-electron chi connectivity index (χ3n) is 3.67. The Labute approximate surface area is 153 Å². The van der Waals surface area contributed by atoms with E-state index in [1.54, 1.807) is 36.4 Å². The van der Waals surface area contributed by atoms with E-state index in [1.807, 2.05) is 19.1 Å². The van der Waals surface area contributed by atoms with Gasteiger partial charge in [-0.2, -0.15) is 0 Å². The summed E-state index contributed by atoms with van der Waals surface area (Å²) in [5.74, 6) is -0.179. The lowest BCUT2D eigenvalue weighted by Crippen LogP contribution is -2.31. The molecule has 0 aliphatic carbocycles. The van der Waals surface area contributed by atoms with Crippen LogP contribution in [0.15, 0.2) is 48.5 Å². The topological polar surface area (TPSA) is 66.5 Å². The van der Waals surface area contributed by atoms with Crippen LogP contribution in [0, 0.1) is 6.92 Å². The summed E-state index contributed by atoms with van der Waals surface area (Å²) in [6, 6.07) is 14.2. The van der Waals surface area contributed by atoms with Crippen molar-refractivity contribution < 1.29 is 13.2 Å². The number of halogens is 1. The minimum absolute atomic E-state index is 0.179. The van der Waals surface area contributed by atoms with Gasteiger partial charge in [-0.1, -0.05) is 35.9 Å². The lowest BCUT2D eigenvalue weighted by atomic mass is 10.2. The average Bonchev–Trinajstić information content (AvgIpc) is 2.55. The van der Waals surface area contributed by atoms with Crippen molar-refractivity contribution in [2.45, 2.75) is 19.8 Å². The summed E-state index contributed by atoms with van der Waals surface area (Å²) >= 11 is 6.04. The standard InChI is InChI=1S/C18H21ClN2O3S/c1-14-10-11-15(13-17(14)19)20-18(22)9-6-12-21(25(2,23)24)16-7-4-3-5-8-16/h3-5,7-8,10-11,13H,6,9,12H2,1-2H3,(H,20,22). The number of anilines is 2. The van der Waals surface area contributed by atoms with E-state index in [2.05, 4.69) is 5.32 Å². The second kappa shape index (κ2) is 8.36. The van der Waals surface area contributed by atoms with Gasteiger partial charge in [-0.15, -0.1) is 0 Å². The normalized spacial score (nSPS) is 11.2. The van der Waals surface area contributed by atoms with Crippen molar-refractivity contribution >= 4 is 38.9 Å². The maximum Gasteiger partial charge on any atom is 0.232 e. The lowest BCUT2D eigenvalue weighted by Gasteiger charge is -2.22. The molecule has 0 spiro atoms. The van der Waals surface area contributed by atoms with Gasteiger partial charge < -0.3 is 5.32 Å². The Bertz CT molecular complexity index is 839. The van der Waals surface area contributed by atoms with E-state index in [0.29, 0.717) is 22.8 Å². The Morgan fingerprint density at radius 2 is 1.84 bits per heavy atom. The molecule has 1 N–H and O–H groups in total. The summed E-state index contributed by atoms with van der Waals surface area (Å²) in [7, 11) is -3.40. The largest absolute Gasteiger partial charge is 0.326 e. The van der Waals surface area contributed by atoms with Crippen LogP contribution in [0.2, 0.25) is 5.02 Å². The second-order valence-electron chi connectivity index (χ2n) is 5.79. The first-order valence-electron chi connectivity index (χ1n) is 7.86. The first-order valence-corrected chi connectivity index (χ1v) is 10.1. The second-order valence-corrected chi connectivity index (χ2v) is 8.10. The SMILES string of the molecule is Cc1ccc(NC(=O)CCCN(c2ccccc2)S(C)(=O)=O)cc1Cl. The van der Waals surface area contributed by atoms with E-state index < -0.39 is 10.0 Å². The number of hydrogen-bond acceptors (Lipinski definition) is 3. The number of aryl methyl sites for hydroxylation is 1.